The highest BCUT2D eigenvalue weighted by molar-refractivity contribution is 5.93. The smallest absolute Gasteiger partial charge is 0.144 e. The van der Waals surface area contributed by atoms with Gasteiger partial charge in [0.2, 0.25) is 0 Å². The Kier molecular flexibility index (Phi) is 1.12. The van der Waals surface area contributed by atoms with Crippen LogP contribution in [-0.4, -0.2) is 17.0 Å². The lowest BCUT2D eigenvalue weighted by molar-refractivity contribution is -0.130. The molecule has 1 unspecified atom stereocenters. The van der Waals surface area contributed by atoms with Gasteiger partial charge >= 0.3 is 0 Å². The van der Waals surface area contributed by atoms with Crippen molar-refractivity contribution in [1.29, 1.82) is 0 Å². The highest BCUT2D eigenvalue weighted by atomic mass is 16.3. The zero-order valence-electron chi connectivity index (χ0n) is 7.16. The van der Waals surface area contributed by atoms with Gasteiger partial charge in [-0.1, -0.05) is 20.8 Å². The van der Waals surface area contributed by atoms with Gasteiger partial charge in [-0.05, 0) is 11.8 Å². The predicted molar refractivity (Wildman–Crippen MR) is 40.9 cm³/mol. The summed E-state index contributed by atoms with van der Waals surface area (Å²) in [5.41, 5.74) is -0.470. The van der Waals surface area contributed by atoms with Crippen LogP contribution < -0.4 is 0 Å². The third-order valence-electron chi connectivity index (χ3n) is 3.49. The lowest BCUT2D eigenvalue weighted by atomic mass is 9.83. The molecule has 0 aromatic rings. The van der Waals surface area contributed by atoms with Gasteiger partial charge in [-0.2, -0.15) is 0 Å². The van der Waals surface area contributed by atoms with Crippen LogP contribution in [0.15, 0.2) is 0 Å². The van der Waals surface area contributed by atoms with Crippen LogP contribution in [0.3, 0.4) is 0 Å². The van der Waals surface area contributed by atoms with Crippen molar-refractivity contribution < 1.29 is 9.90 Å². The van der Waals surface area contributed by atoms with E-state index in [-0.39, 0.29) is 17.6 Å². The fourth-order valence-electron chi connectivity index (χ4n) is 2.45. The second-order valence-corrected chi connectivity index (χ2v) is 4.49. The van der Waals surface area contributed by atoms with Crippen molar-refractivity contribution in [2.24, 2.45) is 23.2 Å². The summed E-state index contributed by atoms with van der Waals surface area (Å²) in [6, 6.07) is 0. The first-order valence-corrected chi connectivity index (χ1v) is 4.20. The maximum atomic E-state index is 11.5. The number of hydrogen-bond acceptors (Lipinski definition) is 2. The van der Waals surface area contributed by atoms with Crippen LogP contribution in [0.25, 0.3) is 0 Å². The first kappa shape index (κ1) is 7.29. The van der Waals surface area contributed by atoms with E-state index in [4.69, 9.17) is 0 Å². The molecule has 2 nitrogen and oxygen atoms in total. The number of carbonyl (C=O) groups excluding carboxylic acids is 1. The van der Waals surface area contributed by atoms with Gasteiger partial charge in [-0.25, -0.2) is 0 Å². The summed E-state index contributed by atoms with van der Waals surface area (Å²) >= 11 is 0. The number of carbonyl (C=O) groups is 1. The summed E-state index contributed by atoms with van der Waals surface area (Å²) in [5, 5.41) is 9.69. The average Bonchev–Trinajstić information content (AvgIpc) is 2.52. The van der Waals surface area contributed by atoms with Gasteiger partial charge < -0.3 is 5.11 Å². The number of hydrogen-bond donors (Lipinski definition) is 1. The Morgan fingerprint density at radius 3 is 2.27 bits per heavy atom. The molecule has 0 aromatic carbocycles. The van der Waals surface area contributed by atoms with Crippen molar-refractivity contribution in [3.8, 4) is 0 Å². The van der Waals surface area contributed by atoms with Crippen molar-refractivity contribution in [3.05, 3.63) is 0 Å². The molecule has 0 amide bonds. The minimum atomic E-state index is -0.470. The number of ketones is 1. The number of Topliss-reactive ketones (excluding diaryl/α,β-unsaturated/α-hetero) is 1. The Bertz CT molecular complexity index is 220. The fourth-order valence-corrected chi connectivity index (χ4v) is 2.45. The van der Waals surface area contributed by atoms with Crippen molar-refractivity contribution in [2.45, 2.75) is 26.9 Å². The van der Waals surface area contributed by atoms with Crippen LogP contribution >= 0.6 is 0 Å². The second-order valence-electron chi connectivity index (χ2n) is 4.49. The van der Waals surface area contributed by atoms with E-state index in [1.54, 1.807) is 0 Å². The summed E-state index contributed by atoms with van der Waals surface area (Å²) in [6.45, 7) is 5.74. The topological polar surface area (TPSA) is 37.3 Å². The molecule has 0 aromatic heterocycles. The fraction of sp³-hybridized carbons (Fsp3) is 0.889. The summed E-state index contributed by atoms with van der Waals surface area (Å²) < 4.78 is 0. The highest BCUT2D eigenvalue weighted by Crippen LogP contribution is 2.61. The first-order chi connectivity index (χ1) is 4.98. The van der Waals surface area contributed by atoms with Gasteiger partial charge in [0.05, 0.1) is 6.10 Å². The van der Waals surface area contributed by atoms with Crippen LogP contribution in [0.4, 0.5) is 0 Å². The lowest BCUT2D eigenvalue weighted by Crippen LogP contribution is -2.34. The molecule has 2 fully saturated rings. The molecule has 1 N–H and O–H groups in total. The largest absolute Gasteiger partial charge is 0.392 e. The molecule has 0 heterocycles. The molecule has 2 aliphatic rings. The third-order valence-corrected chi connectivity index (χ3v) is 3.49. The van der Waals surface area contributed by atoms with E-state index >= 15 is 0 Å². The highest BCUT2D eigenvalue weighted by Gasteiger charge is 2.67. The molecule has 0 spiro atoms. The molecule has 2 aliphatic carbocycles. The zero-order chi connectivity index (χ0) is 8.39. The van der Waals surface area contributed by atoms with Crippen molar-refractivity contribution in [2.75, 3.05) is 0 Å². The molecule has 0 radical (unpaired) electrons. The van der Waals surface area contributed by atoms with E-state index in [1.165, 1.54) is 0 Å². The number of rotatable bonds is 0. The van der Waals surface area contributed by atoms with Gasteiger partial charge in [-0.3, -0.25) is 4.79 Å². The van der Waals surface area contributed by atoms with E-state index in [0.717, 1.165) is 0 Å². The summed E-state index contributed by atoms with van der Waals surface area (Å²) in [6.07, 6.45) is -0.394. The molecule has 0 bridgehead atoms. The maximum absolute atomic E-state index is 11.5. The minimum Gasteiger partial charge on any atom is -0.392 e. The number of aliphatic hydroxyl groups is 1. The Morgan fingerprint density at radius 2 is 2.00 bits per heavy atom. The Morgan fingerprint density at radius 1 is 1.45 bits per heavy atom. The minimum absolute atomic E-state index is 0.181. The summed E-state index contributed by atoms with van der Waals surface area (Å²) in [4.78, 5) is 11.5. The zero-order valence-corrected chi connectivity index (χ0v) is 7.16. The molecular weight excluding hydrogens is 140 g/mol. The van der Waals surface area contributed by atoms with Gasteiger partial charge in [-0.15, -0.1) is 0 Å². The SMILES string of the molecule is CC1[C@@H]2[C@H]1C(=O)C(C)(C)[C@H]2O. The van der Waals surface area contributed by atoms with Crippen LogP contribution in [-0.2, 0) is 4.79 Å². The summed E-state index contributed by atoms with van der Waals surface area (Å²) in [7, 11) is 0. The molecule has 0 aliphatic heterocycles. The first-order valence-electron chi connectivity index (χ1n) is 4.20. The molecule has 4 atom stereocenters. The van der Waals surface area contributed by atoms with E-state index in [2.05, 4.69) is 0 Å². The van der Waals surface area contributed by atoms with Crippen LogP contribution in [0, 0.1) is 23.2 Å². The number of fused-ring (bicyclic) bond motifs is 1. The third kappa shape index (κ3) is 0.639. The number of aliphatic hydroxyl groups excluding tert-OH is 1. The van der Waals surface area contributed by atoms with Gasteiger partial charge in [0.15, 0.2) is 0 Å². The van der Waals surface area contributed by atoms with Crippen LogP contribution in [0.2, 0.25) is 0 Å². The maximum Gasteiger partial charge on any atom is 0.144 e. The normalized spacial score (nSPS) is 52.5. The van der Waals surface area contributed by atoms with E-state index in [9.17, 15) is 9.90 Å². The molecule has 2 rings (SSSR count). The Hall–Kier alpha value is -0.370. The van der Waals surface area contributed by atoms with Gasteiger partial charge in [0.1, 0.15) is 5.78 Å². The average molecular weight is 154 g/mol. The summed E-state index contributed by atoms with van der Waals surface area (Å²) in [5.74, 6) is 1.16. The van der Waals surface area contributed by atoms with Crippen molar-refractivity contribution >= 4 is 5.78 Å². The van der Waals surface area contributed by atoms with Gasteiger partial charge in [0.25, 0.3) is 0 Å². The van der Waals surface area contributed by atoms with Gasteiger partial charge in [0, 0.05) is 11.3 Å². The van der Waals surface area contributed by atoms with E-state index in [1.807, 2.05) is 20.8 Å². The Balaban J connectivity index is 2.30. The molecular formula is C9H14O2. The second kappa shape index (κ2) is 1.69. The quantitative estimate of drug-likeness (QED) is 0.561. The lowest BCUT2D eigenvalue weighted by Gasteiger charge is -2.24. The standard InChI is InChI=1S/C9H14O2/c1-4-5-6(4)8(11)9(2,3)7(5)10/h4-7,10H,1-3H3/t4?,5-,6+,7+/m1/s1. The molecule has 62 valence electrons. The van der Waals surface area contributed by atoms with Crippen molar-refractivity contribution in [3.63, 3.8) is 0 Å². The molecule has 2 saturated carbocycles. The molecule has 0 saturated heterocycles. The predicted octanol–water partition coefficient (Wildman–Crippen LogP) is 0.838. The monoisotopic (exact) mass is 154 g/mol. The molecule has 11 heavy (non-hydrogen) atoms. The molecule has 2 heteroatoms. The van der Waals surface area contributed by atoms with Crippen molar-refractivity contribution in [1.82, 2.24) is 0 Å². The van der Waals surface area contributed by atoms with Crippen LogP contribution in [0.1, 0.15) is 20.8 Å². The Labute approximate surface area is 66.6 Å². The van der Waals surface area contributed by atoms with Crippen LogP contribution in [0.5, 0.6) is 0 Å². The van der Waals surface area contributed by atoms with E-state index < -0.39 is 11.5 Å². The van der Waals surface area contributed by atoms with E-state index in [0.29, 0.717) is 5.92 Å².